The van der Waals surface area contributed by atoms with Crippen LogP contribution in [0.2, 0.25) is 0 Å². The minimum absolute atomic E-state index is 0.691. The summed E-state index contributed by atoms with van der Waals surface area (Å²) in [6.07, 6.45) is 7.37. The first-order chi connectivity index (χ1) is 13.3. The quantitative estimate of drug-likeness (QED) is 0.378. The highest BCUT2D eigenvalue weighted by atomic mass is 16.5. The second kappa shape index (κ2) is 11.9. The van der Waals surface area contributed by atoms with Gasteiger partial charge in [-0.05, 0) is 70.4 Å². The average Bonchev–Trinajstić information content (AvgIpc) is 3.37. The molecule has 1 unspecified atom stereocenters. The number of aliphatic imine (C=N–C) groups is 1. The SMILES string of the molecule is CCNC(=NCCCOCC1CCOCC1)N1CCC(CN2CCCC2)C1. The number of hydrogen-bond acceptors (Lipinski definition) is 4. The second-order valence-corrected chi connectivity index (χ2v) is 8.33. The summed E-state index contributed by atoms with van der Waals surface area (Å²) >= 11 is 0. The highest BCUT2D eigenvalue weighted by Crippen LogP contribution is 2.20. The number of nitrogens with zero attached hydrogens (tertiary/aromatic N) is 3. The van der Waals surface area contributed by atoms with Crippen LogP contribution in [0.4, 0.5) is 0 Å². The molecule has 0 saturated carbocycles. The Hall–Kier alpha value is -0.850. The standard InChI is InChI=1S/C21H40N4O2/c1-2-22-21(23-9-5-13-27-18-19-7-14-26-15-8-19)25-12-6-20(17-25)16-24-10-3-4-11-24/h19-20H,2-18H2,1H3,(H,22,23). The maximum absolute atomic E-state index is 5.87. The third kappa shape index (κ3) is 7.24. The van der Waals surface area contributed by atoms with E-state index < -0.39 is 0 Å². The molecule has 0 amide bonds. The molecule has 0 bridgehead atoms. The Morgan fingerprint density at radius 1 is 1.11 bits per heavy atom. The zero-order valence-electron chi connectivity index (χ0n) is 17.3. The maximum atomic E-state index is 5.87. The Balaban J connectivity index is 1.32. The number of rotatable bonds is 9. The molecule has 3 fully saturated rings. The molecule has 156 valence electrons. The summed E-state index contributed by atoms with van der Waals surface area (Å²) in [5, 5.41) is 3.49. The van der Waals surface area contributed by atoms with Gasteiger partial charge in [-0.2, -0.15) is 0 Å². The van der Waals surface area contributed by atoms with Crippen molar-refractivity contribution in [3.63, 3.8) is 0 Å². The van der Waals surface area contributed by atoms with Crippen molar-refractivity contribution >= 4 is 5.96 Å². The minimum atomic E-state index is 0.691. The van der Waals surface area contributed by atoms with Gasteiger partial charge in [-0.1, -0.05) is 0 Å². The molecule has 1 N–H and O–H groups in total. The van der Waals surface area contributed by atoms with Crippen LogP contribution in [0.15, 0.2) is 4.99 Å². The van der Waals surface area contributed by atoms with Gasteiger partial charge in [-0.3, -0.25) is 4.99 Å². The summed E-state index contributed by atoms with van der Waals surface area (Å²) in [5.74, 6) is 2.59. The van der Waals surface area contributed by atoms with E-state index in [1.165, 1.54) is 38.9 Å². The zero-order chi connectivity index (χ0) is 18.7. The highest BCUT2D eigenvalue weighted by molar-refractivity contribution is 5.80. The molecule has 0 spiro atoms. The van der Waals surface area contributed by atoms with Crippen molar-refractivity contribution in [3.8, 4) is 0 Å². The van der Waals surface area contributed by atoms with Gasteiger partial charge in [0.15, 0.2) is 5.96 Å². The summed E-state index contributed by atoms with van der Waals surface area (Å²) in [6.45, 7) is 13.6. The molecule has 0 radical (unpaired) electrons. The van der Waals surface area contributed by atoms with Crippen LogP contribution in [0.25, 0.3) is 0 Å². The molecule has 6 nitrogen and oxygen atoms in total. The minimum Gasteiger partial charge on any atom is -0.381 e. The molecule has 0 aromatic rings. The first kappa shape index (κ1) is 20.9. The molecule has 3 aliphatic heterocycles. The molecule has 1 atom stereocenters. The van der Waals surface area contributed by atoms with Crippen LogP contribution in [0.5, 0.6) is 0 Å². The fraction of sp³-hybridized carbons (Fsp3) is 0.952. The van der Waals surface area contributed by atoms with Crippen LogP contribution in [0, 0.1) is 11.8 Å². The van der Waals surface area contributed by atoms with Crippen molar-refractivity contribution in [2.45, 2.75) is 45.4 Å². The first-order valence-electron chi connectivity index (χ1n) is 11.3. The third-order valence-electron chi connectivity index (χ3n) is 6.04. The lowest BCUT2D eigenvalue weighted by Crippen LogP contribution is -2.40. The predicted molar refractivity (Wildman–Crippen MR) is 110 cm³/mol. The monoisotopic (exact) mass is 380 g/mol. The molecule has 3 rings (SSSR count). The smallest absolute Gasteiger partial charge is 0.193 e. The van der Waals surface area contributed by atoms with Crippen LogP contribution in [-0.2, 0) is 9.47 Å². The van der Waals surface area contributed by atoms with Gasteiger partial charge < -0.3 is 24.6 Å². The van der Waals surface area contributed by atoms with Gasteiger partial charge in [0.05, 0.1) is 0 Å². The van der Waals surface area contributed by atoms with E-state index in [1.54, 1.807) is 0 Å². The van der Waals surface area contributed by atoms with Crippen molar-refractivity contribution in [1.29, 1.82) is 0 Å². The van der Waals surface area contributed by atoms with Gasteiger partial charge in [0.2, 0.25) is 0 Å². The summed E-state index contributed by atoms with van der Waals surface area (Å²) in [4.78, 5) is 9.98. The third-order valence-corrected chi connectivity index (χ3v) is 6.04. The van der Waals surface area contributed by atoms with Crippen LogP contribution in [0.1, 0.15) is 45.4 Å². The lowest BCUT2D eigenvalue weighted by molar-refractivity contribution is 0.0205. The van der Waals surface area contributed by atoms with Crippen LogP contribution >= 0.6 is 0 Å². The molecule has 0 aromatic heterocycles. The first-order valence-corrected chi connectivity index (χ1v) is 11.3. The van der Waals surface area contributed by atoms with Crippen LogP contribution in [0.3, 0.4) is 0 Å². The summed E-state index contributed by atoms with van der Waals surface area (Å²) in [6, 6.07) is 0. The summed E-state index contributed by atoms with van der Waals surface area (Å²) < 4.78 is 11.3. The average molecular weight is 381 g/mol. The van der Waals surface area contributed by atoms with E-state index in [2.05, 4.69) is 22.0 Å². The Kier molecular flexibility index (Phi) is 9.18. The molecule has 3 heterocycles. The van der Waals surface area contributed by atoms with E-state index in [-0.39, 0.29) is 0 Å². The van der Waals surface area contributed by atoms with Crippen LogP contribution < -0.4 is 5.32 Å². The summed E-state index contributed by atoms with van der Waals surface area (Å²) in [7, 11) is 0. The summed E-state index contributed by atoms with van der Waals surface area (Å²) in [5.41, 5.74) is 0. The molecule has 3 aliphatic rings. The normalized spacial score (nSPS) is 25.4. The number of likely N-dealkylation sites (tertiary alicyclic amines) is 2. The molecular formula is C21H40N4O2. The Labute approximate surface area is 165 Å². The predicted octanol–water partition coefficient (Wildman–Crippen LogP) is 2.20. The topological polar surface area (TPSA) is 49.3 Å². The Morgan fingerprint density at radius 2 is 1.93 bits per heavy atom. The van der Waals surface area contributed by atoms with E-state index in [9.17, 15) is 0 Å². The fourth-order valence-corrected chi connectivity index (χ4v) is 4.44. The molecule has 27 heavy (non-hydrogen) atoms. The van der Waals surface area contributed by atoms with E-state index >= 15 is 0 Å². The van der Waals surface area contributed by atoms with Gasteiger partial charge in [0.25, 0.3) is 0 Å². The maximum Gasteiger partial charge on any atom is 0.193 e. The Bertz CT molecular complexity index is 434. The zero-order valence-corrected chi connectivity index (χ0v) is 17.3. The number of ether oxygens (including phenoxy) is 2. The van der Waals surface area contributed by atoms with E-state index in [4.69, 9.17) is 14.5 Å². The second-order valence-electron chi connectivity index (χ2n) is 8.33. The lowest BCUT2D eigenvalue weighted by Gasteiger charge is -2.23. The van der Waals surface area contributed by atoms with E-state index in [0.29, 0.717) is 5.92 Å². The van der Waals surface area contributed by atoms with E-state index in [1.807, 2.05) is 0 Å². The van der Waals surface area contributed by atoms with Crippen molar-refractivity contribution in [3.05, 3.63) is 0 Å². The number of hydrogen-bond donors (Lipinski definition) is 1. The highest BCUT2D eigenvalue weighted by Gasteiger charge is 2.27. The molecular weight excluding hydrogens is 340 g/mol. The van der Waals surface area contributed by atoms with Crippen LogP contribution in [-0.4, -0.2) is 88.0 Å². The van der Waals surface area contributed by atoms with Gasteiger partial charge in [0.1, 0.15) is 0 Å². The number of nitrogens with one attached hydrogen (secondary N) is 1. The van der Waals surface area contributed by atoms with Gasteiger partial charge in [-0.25, -0.2) is 0 Å². The molecule has 0 aromatic carbocycles. The molecule has 0 aliphatic carbocycles. The molecule has 6 heteroatoms. The lowest BCUT2D eigenvalue weighted by atomic mass is 10.0. The van der Waals surface area contributed by atoms with Gasteiger partial charge in [0, 0.05) is 59.2 Å². The van der Waals surface area contributed by atoms with Crippen molar-refractivity contribution in [1.82, 2.24) is 15.1 Å². The van der Waals surface area contributed by atoms with Gasteiger partial charge in [-0.15, -0.1) is 0 Å². The largest absolute Gasteiger partial charge is 0.381 e. The van der Waals surface area contributed by atoms with Crippen molar-refractivity contribution in [2.75, 3.05) is 72.2 Å². The fourth-order valence-electron chi connectivity index (χ4n) is 4.44. The van der Waals surface area contributed by atoms with E-state index in [0.717, 1.165) is 83.7 Å². The Morgan fingerprint density at radius 3 is 2.70 bits per heavy atom. The number of guanidine groups is 1. The molecule has 3 saturated heterocycles. The van der Waals surface area contributed by atoms with Gasteiger partial charge >= 0.3 is 0 Å². The van der Waals surface area contributed by atoms with Crippen molar-refractivity contribution in [2.24, 2.45) is 16.8 Å². The van der Waals surface area contributed by atoms with Crippen molar-refractivity contribution < 1.29 is 9.47 Å².